The Morgan fingerprint density at radius 3 is 2.29 bits per heavy atom. The molecule has 0 spiro atoms. The van der Waals surface area contributed by atoms with Gasteiger partial charge < -0.3 is 14.2 Å². The molecule has 0 bridgehead atoms. The van der Waals surface area contributed by atoms with Crippen LogP contribution in [-0.2, 0) is 27.5 Å². The second-order valence-electron chi connectivity index (χ2n) is 4.30. The van der Waals surface area contributed by atoms with Crippen LogP contribution in [0.25, 0.3) is 0 Å². The number of esters is 1. The van der Waals surface area contributed by atoms with Crippen LogP contribution in [0.1, 0.15) is 11.1 Å². The van der Waals surface area contributed by atoms with Gasteiger partial charge in [0.2, 0.25) is 0 Å². The van der Waals surface area contributed by atoms with Gasteiger partial charge in [0.1, 0.15) is 12.4 Å². The molecule has 4 nitrogen and oxygen atoms in total. The quantitative estimate of drug-likeness (QED) is 0.733. The van der Waals surface area contributed by atoms with Crippen molar-refractivity contribution in [1.29, 1.82) is 0 Å². The Morgan fingerprint density at radius 1 is 0.952 bits per heavy atom. The van der Waals surface area contributed by atoms with Crippen LogP contribution in [0.3, 0.4) is 0 Å². The zero-order chi connectivity index (χ0) is 14.9. The topological polar surface area (TPSA) is 44.8 Å². The monoisotopic (exact) mass is 284 g/mol. The molecule has 0 amide bonds. The van der Waals surface area contributed by atoms with Gasteiger partial charge in [0, 0.05) is 0 Å². The number of hydrogen-bond acceptors (Lipinski definition) is 4. The van der Waals surface area contributed by atoms with E-state index in [4.69, 9.17) is 14.2 Å². The predicted molar refractivity (Wildman–Crippen MR) is 77.3 cm³/mol. The van der Waals surface area contributed by atoms with E-state index in [0.29, 0.717) is 0 Å². The third-order valence-corrected chi connectivity index (χ3v) is 2.77. The molecule has 0 atom stereocenters. The standard InChI is InChI=1S/C17H16O4/c1-19-16-9-7-15(8-10-16)11-20-13-17(18)21-12-14-5-3-2-4-6-14/h2-10H,11-12H2,1H3. The smallest absolute Gasteiger partial charge is 0.346 e. The van der Waals surface area contributed by atoms with Crippen LogP contribution in [0.4, 0.5) is 0 Å². The summed E-state index contributed by atoms with van der Waals surface area (Å²) in [6.45, 7) is 2.70. The Kier molecular flexibility index (Phi) is 5.79. The summed E-state index contributed by atoms with van der Waals surface area (Å²) in [7, 11) is 1.61. The minimum atomic E-state index is -0.618. The van der Waals surface area contributed by atoms with Gasteiger partial charge in [-0.2, -0.15) is 0 Å². The van der Waals surface area contributed by atoms with Crippen molar-refractivity contribution in [3.05, 3.63) is 72.3 Å². The van der Waals surface area contributed by atoms with Crippen LogP contribution in [0, 0.1) is 6.61 Å². The second kappa shape index (κ2) is 8.07. The lowest BCUT2D eigenvalue weighted by atomic mass is 10.2. The molecule has 4 heteroatoms. The number of carbonyl (C=O) groups excluding carboxylic acids is 1. The van der Waals surface area contributed by atoms with Gasteiger partial charge in [-0.3, -0.25) is 0 Å². The lowest BCUT2D eigenvalue weighted by Crippen LogP contribution is -2.07. The van der Waals surface area contributed by atoms with Crippen molar-refractivity contribution in [3.8, 4) is 5.75 Å². The van der Waals surface area contributed by atoms with Crippen LogP contribution in [-0.4, -0.2) is 13.1 Å². The first kappa shape index (κ1) is 15.1. The molecule has 0 saturated heterocycles. The van der Waals surface area contributed by atoms with Crippen molar-refractivity contribution >= 4 is 5.97 Å². The van der Waals surface area contributed by atoms with Crippen molar-refractivity contribution in [1.82, 2.24) is 0 Å². The molecule has 2 rings (SSSR count). The first-order valence-electron chi connectivity index (χ1n) is 6.49. The Balaban J connectivity index is 1.66. The maximum atomic E-state index is 11.4. The SMILES string of the molecule is COc1ccc(CO[C]C(=O)OCc2ccccc2)cc1. The van der Waals surface area contributed by atoms with Crippen molar-refractivity contribution < 1.29 is 19.0 Å². The first-order valence-corrected chi connectivity index (χ1v) is 6.49. The van der Waals surface area contributed by atoms with Gasteiger partial charge in [-0.15, -0.1) is 0 Å². The summed E-state index contributed by atoms with van der Waals surface area (Å²) in [5.41, 5.74) is 1.84. The van der Waals surface area contributed by atoms with Crippen LogP contribution in [0.15, 0.2) is 54.6 Å². The average molecular weight is 284 g/mol. The summed E-state index contributed by atoms with van der Waals surface area (Å²) >= 11 is 0. The molecule has 0 saturated carbocycles. The Hall–Kier alpha value is -2.33. The van der Waals surface area contributed by atoms with E-state index < -0.39 is 5.97 Å². The van der Waals surface area contributed by atoms with Gasteiger partial charge in [0.05, 0.1) is 13.7 Å². The highest BCUT2D eigenvalue weighted by Crippen LogP contribution is 2.12. The highest BCUT2D eigenvalue weighted by Gasteiger charge is 2.06. The van der Waals surface area contributed by atoms with E-state index in [-0.39, 0.29) is 13.2 Å². The molecular formula is C17H16O4. The van der Waals surface area contributed by atoms with Crippen molar-refractivity contribution in [3.63, 3.8) is 0 Å². The van der Waals surface area contributed by atoms with E-state index in [0.717, 1.165) is 16.9 Å². The van der Waals surface area contributed by atoms with Crippen LogP contribution in [0.2, 0.25) is 0 Å². The third-order valence-electron chi connectivity index (χ3n) is 2.77. The predicted octanol–water partition coefficient (Wildman–Crippen LogP) is 2.99. The Morgan fingerprint density at radius 2 is 1.62 bits per heavy atom. The molecule has 2 aromatic carbocycles. The van der Waals surface area contributed by atoms with E-state index in [9.17, 15) is 4.79 Å². The number of ether oxygens (including phenoxy) is 3. The van der Waals surface area contributed by atoms with Gasteiger partial charge in [-0.1, -0.05) is 42.5 Å². The summed E-state index contributed by atoms with van der Waals surface area (Å²) in [5, 5.41) is 0. The fourth-order valence-corrected chi connectivity index (χ4v) is 1.65. The number of rotatable bonds is 7. The van der Waals surface area contributed by atoms with E-state index in [1.807, 2.05) is 54.6 Å². The molecule has 21 heavy (non-hydrogen) atoms. The molecule has 0 aliphatic carbocycles. The van der Waals surface area contributed by atoms with E-state index in [1.165, 1.54) is 0 Å². The van der Waals surface area contributed by atoms with E-state index >= 15 is 0 Å². The highest BCUT2D eigenvalue weighted by atomic mass is 16.6. The molecule has 0 heterocycles. The van der Waals surface area contributed by atoms with Crippen LogP contribution >= 0.6 is 0 Å². The van der Waals surface area contributed by atoms with Gasteiger partial charge in [0.25, 0.3) is 6.61 Å². The molecule has 108 valence electrons. The average Bonchev–Trinajstić information content (AvgIpc) is 2.54. The van der Waals surface area contributed by atoms with E-state index in [2.05, 4.69) is 6.61 Å². The zero-order valence-electron chi connectivity index (χ0n) is 11.7. The number of hydrogen-bond donors (Lipinski definition) is 0. The van der Waals surface area contributed by atoms with Crippen molar-refractivity contribution in [2.45, 2.75) is 13.2 Å². The summed E-state index contributed by atoms with van der Waals surface area (Å²) in [6.07, 6.45) is 0. The minimum Gasteiger partial charge on any atom is -0.497 e. The van der Waals surface area contributed by atoms with Gasteiger partial charge in [-0.25, -0.2) is 4.79 Å². The fraction of sp³-hybridized carbons (Fsp3) is 0.176. The fourth-order valence-electron chi connectivity index (χ4n) is 1.65. The second-order valence-corrected chi connectivity index (χ2v) is 4.30. The molecular weight excluding hydrogens is 268 g/mol. The number of benzene rings is 2. The molecule has 2 radical (unpaired) electrons. The molecule has 0 fully saturated rings. The highest BCUT2D eigenvalue weighted by molar-refractivity contribution is 5.76. The Bertz CT molecular complexity index is 549. The number of methoxy groups -OCH3 is 1. The van der Waals surface area contributed by atoms with E-state index in [1.54, 1.807) is 7.11 Å². The summed E-state index contributed by atoms with van der Waals surface area (Å²) in [5.74, 6) is 0.154. The van der Waals surface area contributed by atoms with Crippen LogP contribution < -0.4 is 4.74 Å². The number of carbonyl (C=O) groups is 1. The molecule has 0 aliphatic rings. The third kappa shape index (κ3) is 5.28. The lowest BCUT2D eigenvalue weighted by molar-refractivity contribution is -0.145. The minimum absolute atomic E-state index is 0.207. The molecule has 0 N–H and O–H groups in total. The summed E-state index contributed by atoms with van der Waals surface area (Å²) < 4.78 is 15.1. The van der Waals surface area contributed by atoms with Crippen LogP contribution in [0.5, 0.6) is 5.75 Å². The molecule has 0 unspecified atom stereocenters. The normalized spacial score (nSPS) is 10.1. The molecule has 0 aromatic heterocycles. The maximum absolute atomic E-state index is 11.4. The largest absolute Gasteiger partial charge is 0.497 e. The molecule has 0 aliphatic heterocycles. The lowest BCUT2D eigenvalue weighted by Gasteiger charge is -2.05. The summed E-state index contributed by atoms with van der Waals surface area (Å²) in [4.78, 5) is 11.4. The first-order chi connectivity index (χ1) is 10.3. The van der Waals surface area contributed by atoms with Gasteiger partial charge in [0.15, 0.2) is 0 Å². The summed E-state index contributed by atoms with van der Waals surface area (Å²) in [6, 6.07) is 16.8. The Labute approximate surface area is 124 Å². The van der Waals surface area contributed by atoms with Gasteiger partial charge in [-0.05, 0) is 23.3 Å². The maximum Gasteiger partial charge on any atom is 0.346 e. The zero-order valence-corrected chi connectivity index (χ0v) is 11.7. The van der Waals surface area contributed by atoms with Crippen molar-refractivity contribution in [2.24, 2.45) is 0 Å². The van der Waals surface area contributed by atoms with Crippen molar-refractivity contribution in [2.75, 3.05) is 7.11 Å². The molecule has 2 aromatic rings. The van der Waals surface area contributed by atoms with Gasteiger partial charge >= 0.3 is 5.97 Å².